The number of aliphatic carboxylic acids is 1. The van der Waals surface area contributed by atoms with E-state index < -0.39 is 29.4 Å². The van der Waals surface area contributed by atoms with Crippen LogP contribution in [0.2, 0.25) is 10.0 Å². The minimum atomic E-state index is -1.33. The molecule has 0 bridgehead atoms. The lowest BCUT2D eigenvalue weighted by atomic mass is 9.94. The summed E-state index contributed by atoms with van der Waals surface area (Å²) in [4.78, 5) is 43.0. The fraction of sp³-hybridized carbons (Fsp3) is 0.214. The molecule has 1 unspecified atom stereocenters. The Labute approximate surface area is 229 Å². The minimum absolute atomic E-state index is 0.0212. The molecule has 1 heterocycles. The number of carbonyl (C=O) groups excluding carboxylic acids is 2. The molecule has 3 N–H and O–H groups in total. The number of rotatable bonds is 8. The first-order valence-corrected chi connectivity index (χ1v) is 12.5. The first-order valence-electron chi connectivity index (χ1n) is 11.8. The van der Waals surface area contributed by atoms with Crippen molar-refractivity contribution in [1.82, 2.24) is 5.32 Å². The molecular formula is C28H25Cl2N3O5. The summed E-state index contributed by atoms with van der Waals surface area (Å²) in [5.41, 5.74) is 2.49. The molecule has 1 aliphatic rings. The van der Waals surface area contributed by atoms with Crippen LogP contribution in [0, 0.1) is 6.92 Å². The number of benzene rings is 3. The number of nitrogens with one attached hydrogen (secondary N) is 2. The van der Waals surface area contributed by atoms with Gasteiger partial charge in [-0.15, -0.1) is 0 Å². The maximum absolute atomic E-state index is 13.0. The molecule has 196 valence electrons. The van der Waals surface area contributed by atoms with Crippen molar-refractivity contribution in [3.05, 3.63) is 99.0 Å². The van der Waals surface area contributed by atoms with Crippen LogP contribution in [0.4, 0.5) is 5.69 Å². The number of nitrogens with zero attached hydrogens (tertiary/aromatic N) is 1. The summed E-state index contributed by atoms with van der Waals surface area (Å²) in [7, 11) is 0. The molecule has 0 saturated heterocycles. The van der Waals surface area contributed by atoms with E-state index in [0.29, 0.717) is 17.0 Å². The van der Waals surface area contributed by atoms with E-state index in [2.05, 4.69) is 15.8 Å². The van der Waals surface area contributed by atoms with Gasteiger partial charge in [-0.2, -0.15) is 0 Å². The first kappa shape index (κ1) is 27.2. The van der Waals surface area contributed by atoms with E-state index in [0.717, 1.165) is 11.1 Å². The summed E-state index contributed by atoms with van der Waals surface area (Å²) < 4.78 is 0. The van der Waals surface area contributed by atoms with Crippen LogP contribution in [0.1, 0.15) is 40.4 Å². The molecule has 0 spiro atoms. The average molecular weight is 554 g/mol. The zero-order valence-electron chi connectivity index (χ0n) is 20.6. The highest BCUT2D eigenvalue weighted by atomic mass is 35.5. The van der Waals surface area contributed by atoms with Crippen molar-refractivity contribution >= 4 is 52.4 Å². The Morgan fingerprint density at radius 2 is 1.66 bits per heavy atom. The molecule has 10 heteroatoms. The molecule has 0 aliphatic carbocycles. The first-order chi connectivity index (χ1) is 18.1. The van der Waals surface area contributed by atoms with E-state index >= 15 is 0 Å². The summed E-state index contributed by atoms with van der Waals surface area (Å²) in [6.07, 6.45) is 0.228. The lowest BCUT2D eigenvalue weighted by Crippen LogP contribution is -2.51. The molecule has 0 saturated carbocycles. The second-order valence-electron chi connectivity index (χ2n) is 9.22. The number of carboxylic acids is 1. The molecule has 1 aliphatic heterocycles. The maximum atomic E-state index is 13.0. The SMILES string of the molecule is Cc1ccc(C2=NOC(C)(C(=O)N[C@@H](Cc3ccc(NC(=O)c4c(Cl)cccc4Cl)cc3)C(=O)O)C2)cc1. The van der Waals surface area contributed by atoms with Crippen molar-refractivity contribution in [1.29, 1.82) is 0 Å². The Hall–Kier alpha value is -3.88. The van der Waals surface area contributed by atoms with Gasteiger partial charge in [0.15, 0.2) is 0 Å². The number of amides is 2. The molecule has 3 aromatic carbocycles. The summed E-state index contributed by atoms with van der Waals surface area (Å²) in [5.74, 6) is -2.23. The third kappa shape index (κ3) is 6.15. The summed E-state index contributed by atoms with van der Waals surface area (Å²) >= 11 is 12.2. The molecule has 8 nitrogen and oxygen atoms in total. The smallest absolute Gasteiger partial charge is 0.326 e. The second kappa shape index (κ2) is 11.2. The Bertz CT molecular complexity index is 1390. The number of anilines is 1. The van der Waals surface area contributed by atoms with Gasteiger partial charge in [0.25, 0.3) is 11.8 Å². The number of aryl methyl sites for hydroxylation is 1. The highest BCUT2D eigenvalue weighted by molar-refractivity contribution is 6.40. The molecule has 38 heavy (non-hydrogen) atoms. The molecule has 0 aromatic heterocycles. The maximum Gasteiger partial charge on any atom is 0.326 e. The van der Waals surface area contributed by atoms with Crippen molar-refractivity contribution in [2.75, 3.05) is 5.32 Å². The normalized spacial score (nSPS) is 17.2. The molecule has 0 radical (unpaired) electrons. The molecule has 4 rings (SSSR count). The van der Waals surface area contributed by atoms with Gasteiger partial charge in [-0.05, 0) is 49.2 Å². The number of hydrogen-bond donors (Lipinski definition) is 3. The van der Waals surface area contributed by atoms with Crippen LogP contribution in [0.5, 0.6) is 0 Å². The van der Waals surface area contributed by atoms with Gasteiger partial charge in [0.1, 0.15) is 6.04 Å². The summed E-state index contributed by atoms with van der Waals surface area (Å²) in [6.45, 7) is 3.55. The van der Waals surface area contributed by atoms with Crippen molar-refractivity contribution in [2.24, 2.45) is 5.16 Å². The van der Waals surface area contributed by atoms with Crippen LogP contribution in [-0.2, 0) is 20.8 Å². The average Bonchev–Trinajstić information content (AvgIpc) is 3.28. The third-order valence-corrected chi connectivity index (χ3v) is 6.80. The van der Waals surface area contributed by atoms with Gasteiger partial charge in [-0.1, -0.05) is 76.4 Å². The van der Waals surface area contributed by atoms with Gasteiger partial charge in [0.05, 0.1) is 21.3 Å². The highest BCUT2D eigenvalue weighted by Crippen LogP contribution is 2.28. The van der Waals surface area contributed by atoms with Crippen molar-refractivity contribution in [2.45, 2.75) is 38.3 Å². The standard InChI is InChI=1S/C28H25Cl2N3O5/c1-16-6-10-18(11-7-16)23-15-28(2,38-33-23)27(37)32-22(26(35)36)14-17-8-12-19(13-9-17)31-25(34)24-20(29)4-3-5-21(24)30/h3-13,22H,14-15H2,1-2H3,(H,31,34)(H,32,37)(H,35,36)/t22-,28?/m0/s1. The van der Waals surface area contributed by atoms with Crippen LogP contribution < -0.4 is 10.6 Å². The molecule has 0 fully saturated rings. The lowest BCUT2D eigenvalue weighted by Gasteiger charge is -2.23. The highest BCUT2D eigenvalue weighted by Gasteiger charge is 2.43. The molecule has 2 amide bonds. The number of halogens is 2. The zero-order valence-corrected chi connectivity index (χ0v) is 22.1. The van der Waals surface area contributed by atoms with Crippen LogP contribution in [0.25, 0.3) is 0 Å². The fourth-order valence-corrected chi connectivity index (χ4v) is 4.51. The van der Waals surface area contributed by atoms with E-state index in [1.54, 1.807) is 49.4 Å². The number of oxime groups is 1. The fourth-order valence-electron chi connectivity index (χ4n) is 3.94. The quantitative estimate of drug-likeness (QED) is 0.352. The number of carbonyl (C=O) groups is 3. The van der Waals surface area contributed by atoms with E-state index in [-0.39, 0.29) is 28.5 Å². The summed E-state index contributed by atoms with van der Waals surface area (Å²) in [5, 5.41) is 19.6. The van der Waals surface area contributed by atoms with E-state index in [4.69, 9.17) is 28.0 Å². The Balaban J connectivity index is 1.38. The lowest BCUT2D eigenvalue weighted by molar-refractivity contribution is -0.148. The summed E-state index contributed by atoms with van der Waals surface area (Å²) in [6, 6.07) is 17.8. The predicted octanol–water partition coefficient (Wildman–Crippen LogP) is 5.25. The zero-order chi connectivity index (χ0) is 27.4. The molecule has 2 atom stereocenters. The van der Waals surface area contributed by atoms with Gasteiger partial charge in [0, 0.05) is 18.5 Å². The Morgan fingerprint density at radius 3 is 2.26 bits per heavy atom. The predicted molar refractivity (Wildman–Crippen MR) is 146 cm³/mol. The van der Waals surface area contributed by atoms with Gasteiger partial charge in [0.2, 0.25) is 5.60 Å². The van der Waals surface area contributed by atoms with Gasteiger partial charge >= 0.3 is 5.97 Å². The second-order valence-corrected chi connectivity index (χ2v) is 10.0. The third-order valence-electron chi connectivity index (χ3n) is 6.17. The van der Waals surface area contributed by atoms with E-state index in [9.17, 15) is 19.5 Å². The number of hydrogen-bond acceptors (Lipinski definition) is 5. The molecular weight excluding hydrogens is 529 g/mol. The molecule has 3 aromatic rings. The van der Waals surface area contributed by atoms with Crippen molar-refractivity contribution in [3.8, 4) is 0 Å². The monoisotopic (exact) mass is 553 g/mol. The van der Waals surface area contributed by atoms with E-state index in [1.165, 1.54) is 0 Å². The van der Waals surface area contributed by atoms with Crippen molar-refractivity contribution < 1.29 is 24.3 Å². The minimum Gasteiger partial charge on any atom is -0.480 e. The van der Waals surface area contributed by atoms with Crippen LogP contribution in [-0.4, -0.2) is 40.2 Å². The van der Waals surface area contributed by atoms with Gasteiger partial charge in [-0.25, -0.2) is 4.79 Å². The largest absolute Gasteiger partial charge is 0.480 e. The Morgan fingerprint density at radius 1 is 1.03 bits per heavy atom. The topological polar surface area (TPSA) is 117 Å². The van der Waals surface area contributed by atoms with Crippen LogP contribution in [0.3, 0.4) is 0 Å². The van der Waals surface area contributed by atoms with Crippen LogP contribution >= 0.6 is 23.2 Å². The van der Waals surface area contributed by atoms with Crippen molar-refractivity contribution in [3.63, 3.8) is 0 Å². The van der Waals surface area contributed by atoms with Crippen LogP contribution in [0.15, 0.2) is 71.9 Å². The Kier molecular flexibility index (Phi) is 8.04. The van der Waals surface area contributed by atoms with Gasteiger partial charge in [-0.3, -0.25) is 9.59 Å². The van der Waals surface area contributed by atoms with Gasteiger partial charge < -0.3 is 20.6 Å². The number of carboxylic acid groups (broad SMARTS) is 1. The van der Waals surface area contributed by atoms with E-state index in [1.807, 2.05) is 31.2 Å².